The predicted octanol–water partition coefficient (Wildman–Crippen LogP) is 4.44. The van der Waals surface area contributed by atoms with E-state index in [0.717, 1.165) is 11.3 Å². The molecule has 0 atom stereocenters. The van der Waals surface area contributed by atoms with Crippen LogP contribution in [0.5, 0.6) is 0 Å². The smallest absolute Gasteiger partial charge is 0.0856 e. The van der Waals surface area contributed by atoms with Gasteiger partial charge in [-0.25, -0.2) is 0 Å². The van der Waals surface area contributed by atoms with E-state index in [1.54, 1.807) is 6.20 Å². The second-order valence-electron chi connectivity index (χ2n) is 3.28. The molecule has 0 aliphatic carbocycles. The number of hydrogen-bond donors (Lipinski definition) is 0. The van der Waals surface area contributed by atoms with Gasteiger partial charge in [0.1, 0.15) is 0 Å². The number of hydrogen-bond acceptors (Lipinski definition) is 2. The third-order valence-electron chi connectivity index (χ3n) is 2.06. The molecule has 2 heteroatoms. The summed E-state index contributed by atoms with van der Waals surface area (Å²) >= 11 is 0. The maximum Gasteiger partial charge on any atom is 0.0856 e. The van der Waals surface area contributed by atoms with Gasteiger partial charge in [-0.3, -0.25) is 0 Å². The molecule has 0 amide bonds. The van der Waals surface area contributed by atoms with Crippen LogP contribution in [-0.2, 0) is 0 Å². The van der Waals surface area contributed by atoms with E-state index in [4.69, 9.17) is 0 Å². The van der Waals surface area contributed by atoms with Crippen molar-refractivity contribution in [1.29, 1.82) is 0 Å². The highest BCUT2D eigenvalue weighted by atomic mass is 15.1. The van der Waals surface area contributed by atoms with Gasteiger partial charge in [-0.15, -0.1) is 0 Å². The molecule has 2 rings (SSSR count). The van der Waals surface area contributed by atoms with Crippen LogP contribution >= 0.6 is 0 Å². The summed E-state index contributed by atoms with van der Waals surface area (Å²) in [4.78, 5) is 0. The van der Waals surface area contributed by atoms with Crippen LogP contribution in [-0.4, -0.2) is 0 Å². The topological polar surface area (TPSA) is 24.7 Å². The van der Waals surface area contributed by atoms with Crippen LogP contribution in [0, 0.1) is 0 Å². The van der Waals surface area contributed by atoms with E-state index in [9.17, 15) is 0 Å². The van der Waals surface area contributed by atoms with E-state index in [0.29, 0.717) is 0 Å². The van der Waals surface area contributed by atoms with E-state index in [-0.39, 0.29) is 0 Å². The van der Waals surface area contributed by atoms with Crippen molar-refractivity contribution in [3.8, 4) is 0 Å². The second-order valence-corrected chi connectivity index (χ2v) is 3.28. The van der Waals surface area contributed by atoms with Gasteiger partial charge in [0.2, 0.25) is 0 Å². The zero-order valence-electron chi connectivity index (χ0n) is 8.82. The van der Waals surface area contributed by atoms with Gasteiger partial charge < -0.3 is 0 Å². The van der Waals surface area contributed by atoms with Crippen molar-refractivity contribution in [2.75, 3.05) is 0 Å². The molecule has 0 spiro atoms. The molecule has 0 aliphatic heterocycles. The van der Waals surface area contributed by atoms with Gasteiger partial charge in [0.25, 0.3) is 0 Å². The van der Waals surface area contributed by atoms with Crippen LogP contribution in [0.15, 0.2) is 77.1 Å². The summed E-state index contributed by atoms with van der Waals surface area (Å²) in [7, 11) is 0. The average Bonchev–Trinajstić information content (AvgIpc) is 2.37. The molecule has 0 aliphatic rings. The third-order valence-corrected chi connectivity index (χ3v) is 2.06. The van der Waals surface area contributed by atoms with Crippen LogP contribution < -0.4 is 0 Å². The molecular formula is C14H12N2. The minimum atomic E-state index is 0.861. The Morgan fingerprint density at radius 3 is 2.06 bits per heavy atom. The number of nitrogens with zero attached hydrogens (tertiary/aromatic N) is 2. The summed E-state index contributed by atoms with van der Waals surface area (Å²) in [6, 6.07) is 19.7. The Bertz CT molecular complexity index is 425. The highest BCUT2D eigenvalue weighted by Crippen LogP contribution is 2.10. The first-order valence-electron chi connectivity index (χ1n) is 5.13. The third kappa shape index (κ3) is 3.17. The van der Waals surface area contributed by atoms with E-state index < -0.39 is 0 Å². The quantitative estimate of drug-likeness (QED) is 0.666. The molecule has 0 aromatic heterocycles. The first-order chi connectivity index (χ1) is 7.95. The van der Waals surface area contributed by atoms with E-state index in [1.165, 1.54) is 0 Å². The standard InChI is InChI=1S/C14H12N2/c1-3-7-13(8-4-1)11-12-15-16-14-9-5-2-6-10-14/h1-12H/b12-11+,16-15?. The number of azo groups is 1. The lowest BCUT2D eigenvalue weighted by atomic mass is 10.2. The molecule has 2 aromatic carbocycles. The molecule has 0 unspecified atom stereocenters. The first-order valence-corrected chi connectivity index (χ1v) is 5.13. The maximum absolute atomic E-state index is 4.06. The molecule has 0 bridgehead atoms. The fraction of sp³-hybridized carbons (Fsp3) is 0. The van der Waals surface area contributed by atoms with Gasteiger partial charge in [0.05, 0.1) is 11.9 Å². The Kier molecular flexibility index (Phi) is 3.61. The normalized spacial score (nSPS) is 11.2. The highest BCUT2D eigenvalue weighted by molar-refractivity contribution is 5.48. The molecule has 0 N–H and O–H groups in total. The van der Waals surface area contributed by atoms with Gasteiger partial charge in [-0.05, 0) is 23.8 Å². The number of rotatable bonds is 3. The van der Waals surface area contributed by atoms with Crippen LogP contribution in [0.1, 0.15) is 5.56 Å². The van der Waals surface area contributed by atoms with Crippen LogP contribution in [0.2, 0.25) is 0 Å². The van der Waals surface area contributed by atoms with Crippen molar-refractivity contribution in [2.45, 2.75) is 0 Å². The van der Waals surface area contributed by atoms with E-state index >= 15 is 0 Å². The summed E-state index contributed by atoms with van der Waals surface area (Å²) in [5.41, 5.74) is 1.98. The summed E-state index contributed by atoms with van der Waals surface area (Å²) in [6.07, 6.45) is 3.62. The van der Waals surface area contributed by atoms with Crippen molar-refractivity contribution in [3.63, 3.8) is 0 Å². The van der Waals surface area contributed by atoms with Gasteiger partial charge in [-0.1, -0.05) is 48.5 Å². The molecule has 0 radical (unpaired) electrons. The van der Waals surface area contributed by atoms with Crippen molar-refractivity contribution in [3.05, 3.63) is 72.4 Å². The maximum atomic E-state index is 4.06. The van der Waals surface area contributed by atoms with Crippen molar-refractivity contribution in [2.24, 2.45) is 10.2 Å². The summed E-state index contributed by atoms with van der Waals surface area (Å²) in [5, 5.41) is 8.04. The molecule has 78 valence electrons. The predicted molar refractivity (Wildman–Crippen MR) is 66.4 cm³/mol. The molecule has 0 saturated carbocycles. The molecule has 0 heterocycles. The Balaban J connectivity index is 1.98. The van der Waals surface area contributed by atoms with Gasteiger partial charge >= 0.3 is 0 Å². The molecule has 2 aromatic rings. The zero-order chi connectivity index (χ0) is 11.1. The van der Waals surface area contributed by atoms with Crippen LogP contribution in [0.3, 0.4) is 0 Å². The zero-order valence-corrected chi connectivity index (χ0v) is 8.82. The first kappa shape index (κ1) is 10.3. The molecule has 2 nitrogen and oxygen atoms in total. The van der Waals surface area contributed by atoms with Gasteiger partial charge in [-0.2, -0.15) is 10.2 Å². The Morgan fingerprint density at radius 2 is 1.38 bits per heavy atom. The minimum absolute atomic E-state index is 0.861. The summed E-state index contributed by atoms with van der Waals surface area (Å²) in [5.74, 6) is 0. The monoisotopic (exact) mass is 208 g/mol. The number of benzene rings is 2. The van der Waals surface area contributed by atoms with Crippen LogP contribution in [0.25, 0.3) is 6.08 Å². The second kappa shape index (κ2) is 5.61. The van der Waals surface area contributed by atoms with Crippen molar-refractivity contribution >= 4 is 11.8 Å². The van der Waals surface area contributed by atoms with E-state index in [2.05, 4.69) is 10.2 Å². The summed E-state index contributed by atoms with van der Waals surface area (Å²) in [6.45, 7) is 0. The Morgan fingerprint density at radius 1 is 0.750 bits per heavy atom. The molecular weight excluding hydrogens is 196 g/mol. The lowest BCUT2D eigenvalue weighted by Crippen LogP contribution is -1.66. The minimum Gasteiger partial charge on any atom is -0.159 e. The SMILES string of the molecule is C(=C\c1ccccc1)/N=Nc1ccccc1. The molecule has 16 heavy (non-hydrogen) atoms. The van der Waals surface area contributed by atoms with Crippen LogP contribution in [0.4, 0.5) is 5.69 Å². The average molecular weight is 208 g/mol. The van der Waals surface area contributed by atoms with E-state index in [1.807, 2.05) is 66.7 Å². The fourth-order valence-electron chi connectivity index (χ4n) is 1.28. The molecule has 0 fully saturated rings. The Hall–Kier alpha value is -2.22. The highest BCUT2D eigenvalue weighted by Gasteiger charge is 1.83. The van der Waals surface area contributed by atoms with Crippen molar-refractivity contribution < 1.29 is 0 Å². The lowest BCUT2D eigenvalue weighted by molar-refractivity contribution is 1.23. The largest absolute Gasteiger partial charge is 0.159 e. The van der Waals surface area contributed by atoms with Crippen molar-refractivity contribution in [1.82, 2.24) is 0 Å². The fourth-order valence-corrected chi connectivity index (χ4v) is 1.28. The molecule has 0 saturated heterocycles. The summed E-state index contributed by atoms with van der Waals surface area (Å²) < 4.78 is 0. The van der Waals surface area contributed by atoms with Gasteiger partial charge in [0, 0.05) is 0 Å². The lowest BCUT2D eigenvalue weighted by Gasteiger charge is -1.89. The van der Waals surface area contributed by atoms with Gasteiger partial charge in [0.15, 0.2) is 0 Å². The Labute approximate surface area is 95.0 Å².